The van der Waals surface area contributed by atoms with E-state index < -0.39 is 18.2 Å². The van der Waals surface area contributed by atoms with Crippen LogP contribution in [0.25, 0.3) is 0 Å². The maximum atomic E-state index is 10.1. The predicted molar refractivity (Wildman–Crippen MR) is 41.5 cm³/mol. The van der Waals surface area contributed by atoms with Crippen LogP contribution in [0.2, 0.25) is 0 Å². The van der Waals surface area contributed by atoms with E-state index in [2.05, 4.69) is 0 Å². The molecule has 1 rings (SSSR count). The largest absolute Gasteiger partial charge is 0.478 e. The molecule has 1 aliphatic rings. The quantitative estimate of drug-likeness (QED) is 0.502. The zero-order valence-corrected chi connectivity index (χ0v) is 6.55. The Kier molecular flexibility index (Phi) is 2.83. The third kappa shape index (κ3) is 2.32. The van der Waals surface area contributed by atoms with E-state index in [9.17, 15) is 4.79 Å². The molecule has 0 aliphatic heterocycles. The average molecular weight is 172 g/mol. The Morgan fingerprint density at radius 1 is 1.25 bits per heavy atom. The lowest BCUT2D eigenvalue weighted by atomic mass is 10.1. The number of carboxylic acids is 1. The van der Waals surface area contributed by atoms with E-state index in [0.717, 1.165) is 6.08 Å². The van der Waals surface area contributed by atoms with Crippen LogP contribution in [0.1, 0.15) is 12.8 Å². The van der Waals surface area contributed by atoms with Crippen LogP contribution in [0.3, 0.4) is 0 Å². The lowest BCUT2D eigenvalue weighted by Crippen LogP contribution is -2.17. The van der Waals surface area contributed by atoms with Gasteiger partial charge in [-0.05, 0) is 18.8 Å². The first-order valence-electron chi connectivity index (χ1n) is 3.87. The first-order valence-corrected chi connectivity index (χ1v) is 3.87. The van der Waals surface area contributed by atoms with Gasteiger partial charge in [-0.15, -0.1) is 0 Å². The molecular formula is C8H12O4. The van der Waals surface area contributed by atoms with E-state index in [-0.39, 0.29) is 5.92 Å². The molecule has 0 amide bonds. The van der Waals surface area contributed by atoms with Crippen molar-refractivity contribution in [1.29, 1.82) is 0 Å². The van der Waals surface area contributed by atoms with Gasteiger partial charge in [0.05, 0.1) is 12.2 Å². The molecule has 1 aliphatic carbocycles. The molecule has 4 heteroatoms. The van der Waals surface area contributed by atoms with Gasteiger partial charge in [0, 0.05) is 6.08 Å². The Balaban J connectivity index is 2.42. The zero-order chi connectivity index (χ0) is 9.14. The van der Waals surface area contributed by atoms with Crippen molar-refractivity contribution < 1.29 is 20.1 Å². The monoisotopic (exact) mass is 172 g/mol. The molecular weight excluding hydrogens is 160 g/mol. The number of hydrogen-bond acceptors (Lipinski definition) is 3. The minimum atomic E-state index is -0.995. The molecule has 0 saturated heterocycles. The van der Waals surface area contributed by atoms with Gasteiger partial charge in [-0.1, -0.05) is 6.08 Å². The molecule has 3 N–H and O–H groups in total. The molecule has 0 aromatic carbocycles. The van der Waals surface area contributed by atoms with Gasteiger partial charge in [0.1, 0.15) is 0 Å². The third-order valence-corrected chi connectivity index (χ3v) is 2.04. The van der Waals surface area contributed by atoms with Crippen LogP contribution in [-0.4, -0.2) is 33.5 Å². The van der Waals surface area contributed by atoms with Crippen LogP contribution in [-0.2, 0) is 4.79 Å². The summed E-state index contributed by atoms with van der Waals surface area (Å²) in [6.45, 7) is 0. The molecule has 3 atom stereocenters. The summed E-state index contributed by atoms with van der Waals surface area (Å²) in [6, 6.07) is 0. The van der Waals surface area contributed by atoms with Gasteiger partial charge >= 0.3 is 5.97 Å². The Morgan fingerprint density at radius 2 is 1.75 bits per heavy atom. The normalized spacial score (nSPS) is 36.0. The van der Waals surface area contributed by atoms with Crippen molar-refractivity contribution in [1.82, 2.24) is 0 Å². The average Bonchev–Trinajstić information content (AvgIpc) is 2.28. The lowest BCUT2D eigenvalue weighted by molar-refractivity contribution is -0.131. The Labute approximate surface area is 70.1 Å². The summed E-state index contributed by atoms with van der Waals surface area (Å²) in [5.41, 5.74) is 0. The van der Waals surface area contributed by atoms with Crippen LogP contribution in [0.4, 0.5) is 0 Å². The number of hydrogen-bond donors (Lipinski definition) is 3. The van der Waals surface area contributed by atoms with Gasteiger partial charge in [0.15, 0.2) is 0 Å². The van der Waals surface area contributed by atoms with Crippen molar-refractivity contribution in [3.05, 3.63) is 12.2 Å². The van der Waals surface area contributed by atoms with Gasteiger partial charge in [-0.25, -0.2) is 4.79 Å². The fourth-order valence-electron chi connectivity index (χ4n) is 1.41. The standard InChI is InChI=1S/C8H12O4/c9-6-3-5(4-7(6)10)1-2-8(11)12/h1-2,5-7,9-10H,3-4H2,(H,11,12)/b2-1+/t5?,6-,7+. The smallest absolute Gasteiger partial charge is 0.327 e. The maximum Gasteiger partial charge on any atom is 0.327 e. The predicted octanol–water partition coefficient (Wildman–Crippen LogP) is -0.241. The highest BCUT2D eigenvalue weighted by Crippen LogP contribution is 2.26. The molecule has 0 aromatic heterocycles. The number of rotatable bonds is 2. The highest BCUT2D eigenvalue weighted by Gasteiger charge is 2.29. The van der Waals surface area contributed by atoms with Crippen molar-refractivity contribution in [3.8, 4) is 0 Å². The molecule has 12 heavy (non-hydrogen) atoms. The minimum Gasteiger partial charge on any atom is -0.478 e. The SMILES string of the molecule is O=C(O)/C=C/C1C[C@@H](O)[C@@H](O)C1. The minimum absolute atomic E-state index is 0.00824. The van der Waals surface area contributed by atoms with Gasteiger partial charge < -0.3 is 15.3 Å². The van der Waals surface area contributed by atoms with E-state index >= 15 is 0 Å². The van der Waals surface area contributed by atoms with Crippen molar-refractivity contribution in [2.24, 2.45) is 5.92 Å². The summed E-state index contributed by atoms with van der Waals surface area (Å²) in [7, 11) is 0. The second-order valence-corrected chi connectivity index (χ2v) is 3.06. The number of aliphatic hydroxyl groups excluding tert-OH is 2. The molecule has 1 saturated carbocycles. The molecule has 0 bridgehead atoms. The summed E-state index contributed by atoms with van der Waals surface area (Å²) in [6.07, 6.45) is 2.06. The van der Waals surface area contributed by atoms with E-state index in [1.807, 2.05) is 0 Å². The van der Waals surface area contributed by atoms with E-state index in [1.165, 1.54) is 6.08 Å². The van der Waals surface area contributed by atoms with Crippen molar-refractivity contribution in [3.63, 3.8) is 0 Å². The van der Waals surface area contributed by atoms with Gasteiger partial charge in [-0.3, -0.25) is 0 Å². The molecule has 1 fully saturated rings. The van der Waals surface area contributed by atoms with Gasteiger partial charge in [-0.2, -0.15) is 0 Å². The highest BCUT2D eigenvalue weighted by atomic mass is 16.4. The molecule has 0 heterocycles. The molecule has 0 radical (unpaired) electrons. The number of aliphatic hydroxyl groups is 2. The summed E-state index contributed by atoms with van der Waals surface area (Å²) in [5.74, 6) is -1.00. The first-order chi connectivity index (χ1) is 5.59. The van der Waals surface area contributed by atoms with E-state index in [4.69, 9.17) is 15.3 Å². The third-order valence-electron chi connectivity index (χ3n) is 2.04. The van der Waals surface area contributed by atoms with Crippen LogP contribution in [0, 0.1) is 5.92 Å². The van der Waals surface area contributed by atoms with Crippen LogP contribution >= 0.6 is 0 Å². The molecule has 68 valence electrons. The number of carbonyl (C=O) groups is 1. The summed E-state index contributed by atoms with van der Waals surface area (Å²) < 4.78 is 0. The van der Waals surface area contributed by atoms with E-state index in [1.54, 1.807) is 0 Å². The topological polar surface area (TPSA) is 77.8 Å². The second-order valence-electron chi connectivity index (χ2n) is 3.06. The Morgan fingerprint density at radius 3 is 2.17 bits per heavy atom. The van der Waals surface area contributed by atoms with Crippen molar-refractivity contribution >= 4 is 5.97 Å². The fourth-order valence-corrected chi connectivity index (χ4v) is 1.41. The number of aliphatic carboxylic acids is 1. The first kappa shape index (κ1) is 9.22. The van der Waals surface area contributed by atoms with Gasteiger partial charge in [0.25, 0.3) is 0 Å². The number of allylic oxidation sites excluding steroid dienone is 1. The molecule has 1 unspecified atom stereocenters. The summed E-state index contributed by atoms with van der Waals surface area (Å²) in [4.78, 5) is 10.1. The van der Waals surface area contributed by atoms with Gasteiger partial charge in [0.2, 0.25) is 0 Å². The number of carboxylic acid groups (broad SMARTS) is 1. The highest BCUT2D eigenvalue weighted by molar-refractivity contribution is 5.79. The van der Waals surface area contributed by atoms with Crippen molar-refractivity contribution in [2.45, 2.75) is 25.0 Å². The lowest BCUT2D eigenvalue weighted by Gasteiger charge is -2.03. The Hall–Kier alpha value is -0.870. The molecule has 0 spiro atoms. The van der Waals surface area contributed by atoms with Crippen LogP contribution < -0.4 is 0 Å². The van der Waals surface area contributed by atoms with E-state index in [0.29, 0.717) is 12.8 Å². The molecule has 4 nitrogen and oxygen atoms in total. The molecule has 0 aromatic rings. The fraction of sp³-hybridized carbons (Fsp3) is 0.625. The van der Waals surface area contributed by atoms with Crippen molar-refractivity contribution in [2.75, 3.05) is 0 Å². The van der Waals surface area contributed by atoms with Crippen LogP contribution in [0.15, 0.2) is 12.2 Å². The second kappa shape index (κ2) is 3.69. The maximum absolute atomic E-state index is 10.1. The Bertz CT molecular complexity index is 189. The summed E-state index contributed by atoms with van der Waals surface area (Å²) >= 11 is 0. The summed E-state index contributed by atoms with van der Waals surface area (Å²) in [5, 5.41) is 26.5. The zero-order valence-electron chi connectivity index (χ0n) is 6.55. The van der Waals surface area contributed by atoms with Crippen LogP contribution in [0.5, 0.6) is 0 Å².